The fourth-order valence-electron chi connectivity index (χ4n) is 3.56. The van der Waals surface area contributed by atoms with E-state index >= 15 is 0 Å². The summed E-state index contributed by atoms with van der Waals surface area (Å²) in [6.45, 7) is 6.24. The zero-order valence-electron chi connectivity index (χ0n) is 17.9. The van der Waals surface area contributed by atoms with E-state index in [1.54, 1.807) is 0 Å². The minimum absolute atomic E-state index is 0.103. The van der Waals surface area contributed by atoms with Gasteiger partial charge in [0.1, 0.15) is 11.6 Å². The van der Waals surface area contributed by atoms with Gasteiger partial charge in [0, 0.05) is 36.5 Å². The molecule has 0 spiro atoms. The van der Waals surface area contributed by atoms with Gasteiger partial charge in [-0.05, 0) is 43.0 Å². The first-order valence-corrected chi connectivity index (χ1v) is 10.3. The number of aromatic nitrogens is 4. The summed E-state index contributed by atoms with van der Waals surface area (Å²) < 4.78 is 1.82. The number of aryl methyl sites for hydroxylation is 3. The number of nitrogens with zero attached hydrogens (tertiary/aromatic N) is 4. The maximum absolute atomic E-state index is 4.64. The molecule has 1 atom stereocenters. The summed E-state index contributed by atoms with van der Waals surface area (Å²) in [5, 5.41) is 7.82. The molecule has 0 aliphatic carbocycles. The first-order valence-electron chi connectivity index (χ1n) is 10.3. The van der Waals surface area contributed by atoms with Crippen LogP contribution in [0.25, 0.3) is 22.4 Å². The summed E-state index contributed by atoms with van der Waals surface area (Å²) in [7, 11) is 1.93. The van der Waals surface area contributed by atoms with Crippen LogP contribution in [-0.2, 0) is 13.5 Å². The third kappa shape index (κ3) is 4.40. The lowest BCUT2D eigenvalue weighted by Gasteiger charge is -2.17. The molecule has 0 saturated heterocycles. The van der Waals surface area contributed by atoms with E-state index in [1.165, 1.54) is 11.1 Å². The van der Waals surface area contributed by atoms with Crippen molar-refractivity contribution in [3.8, 4) is 22.4 Å². The van der Waals surface area contributed by atoms with Gasteiger partial charge >= 0.3 is 0 Å². The fraction of sp³-hybridized carbons (Fsp3) is 0.240. The van der Waals surface area contributed by atoms with Gasteiger partial charge < -0.3 is 5.32 Å². The Hall–Kier alpha value is -3.47. The van der Waals surface area contributed by atoms with E-state index in [9.17, 15) is 0 Å². The molecule has 4 rings (SSSR count). The van der Waals surface area contributed by atoms with E-state index < -0.39 is 0 Å². The van der Waals surface area contributed by atoms with Crippen LogP contribution in [0.1, 0.15) is 36.8 Å². The second kappa shape index (κ2) is 8.49. The van der Waals surface area contributed by atoms with Crippen molar-refractivity contribution in [3.05, 3.63) is 83.9 Å². The van der Waals surface area contributed by atoms with Crippen LogP contribution in [-0.4, -0.2) is 19.7 Å². The Balaban J connectivity index is 1.57. The van der Waals surface area contributed by atoms with Gasteiger partial charge in [-0.25, -0.2) is 9.97 Å². The van der Waals surface area contributed by atoms with Crippen molar-refractivity contribution in [3.63, 3.8) is 0 Å². The van der Waals surface area contributed by atoms with E-state index in [4.69, 9.17) is 0 Å². The molecule has 0 bridgehead atoms. The highest BCUT2D eigenvalue weighted by molar-refractivity contribution is 5.64. The zero-order valence-corrected chi connectivity index (χ0v) is 17.9. The molecule has 0 aliphatic heterocycles. The molecule has 30 heavy (non-hydrogen) atoms. The third-order valence-electron chi connectivity index (χ3n) is 5.29. The standard InChI is InChI=1S/C25H27N5/c1-5-19-9-11-20(12-10-19)24-14-25(29-18(3)28-24)27-17(2)21-7-6-8-22(13-21)23-15-26-30(4)16-23/h6-17H,5H2,1-4H3,(H,27,28,29). The highest BCUT2D eigenvalue weighted by atomic mass is 15.2. The Labute approximate surface area is 177 Å². The molecule has 0 aliphatic rings. The maximum atomic E-state index is 4.64. The molecule has 2 aromatic heterocycles. The molecule has 1 N–H and O–H groups in total. The summed E-state index contributed by atoms with van der Waals surface area (Å²) in [4.78, 5) is 9.24. The molecule has 5 nitrogen and oxygen atoms in total. The average molecular weight is 398 g/mol. The molecular formula is C25H27N5. The van der Waals surface area contributed by atoms with Crippen molar-refractivity contribution < 1.29 is 0 Å². The molecule has 1 unspecified atom stereocenters. The Bertz CT molecular complexity index is 1140. The monoisotopic (exact) mass is 397 g/mol. The quantitative estimate of drug-likeness (QED) is 0.461. The Morgan fingerprint density at radius 2 is 1.77 bits per heavy atom. The molecule has 5 heteroatoms. The van der Waals surface area contributed by atoms with Gasteiger partial charge in [-0.1, -0.05) is 49.4 Å². The molecule has 2 heterocycles. The SMILES string of the molecule is CCc1ccc(-c2cc(NC(C)c3cccc(-c4cnn(C)c4)c3)nc(C)n2)cc1. The van der Waals surface area contributed by atoms with Crippen LogP contribution >= 0.6 is 0 Å². The second-order valence-electron chi connectivity index (χ2n) is 7.63. The summed E-state index contributed by atoms with van der Waals surface area (Å²) in [6.07, 6.45) is 4.95. The summed E-state index contributed by atoms with van der Waals surface area (Å²) in [5.41, 5.74) is 6.83. The van der Waals surface area contributed by atoms with E-state index in [-0.39, 0.29) is 6.04 Å². The summed E-state index contributed by atoms with van der Waals surface area (Å²) in [6, 6.07) is 19.2. The highest BCUT2D eigenvalue weighted by Crippen LogP contribution is 2.26. The van der Waals surface area contributed by atoms with Gasteiger partial charge in [-0.15, -0.1) is 0 Å². The van der Waals surface area contributed by atoms with Crippen molar-refractivity contribution in [2.75, 3.05) is 5.32 Å². The Kier molecular flexibility index (Phi) is 5.61. The maximum Gasteiger partial charge on any atom is 0.130 e. The number of hydrogen-bond donors (Lipinski definition) is 1. The van der Waals surface area contributed by atoms with Gasteiger partial charge in [-0.3, -0.25) is 4.68 Å². The largest absolute Gasteiger partial charge is 0.363 e. The van der Waals surface area contributed by atoms with Crippen molar-refractivity contribution >= 4 is 5.82 Å². The lowest BCUT2D eigenvalue weighted by molar-refractivity contribution is 0.768. The Morgan fingerprint density at radius 3 is 2.47 bits per heavy atom. The average Bonchev–Trinajstić information content (AvgIpc) is 3.20. The summed E-state index contributed by atoms with van der Waals surface area (Å²) in [5.74, 6) is 1.59. The van der Waals surface area contributed by atoms with Crippen LogP contribution in [0.4, 0.5) is 5.82 Å². The topological polar surface area (TPSA) is 55.6 Å². The predicted octanol–water partition coefficient (Wildman–Crippen LogP) is 5.59. The lowest BCUT2D eigenvalue weighted by Crippen LogP contribution is -2.09. The zero-order chi connectivity index (χ0) is 21.1. The fourth-order valence-corrected chi connectivity index (χ4v) is 3.56. The lowest BCUT2D eigenvalue weighted by atomic mass is 10.0. The van der Waals surface area contributed by atoms with Crippen LogP contribution in [0, 0.1) is 6.92 Å². The van der Waals surface area contributed by atoms with E-state index in [0.717, 1.165) is 40.4 Å². The Morgan fingerprint density at radius 1 is 0.967 bits per heavy atom. The number of benzene rings is 2. The van der Waals surface area contributed by atoms with Gasteiger partial charge in [-0.2, -0.15) is 5.10 Å². The first-order chi connectivity index (χ1) is 14.5. The van der Waals surface area contributed by atoms with Crippen LogP contribution < -0.4 is 5.32 Å². The van der Waals surface area contributed by atoms with E-state index in [0.29, 0.717) is 0 Å². The van der Waals surface area contributed by atoms with Crippen LogP contribution in [0.2, 0.25) is 0 Å². The number of nitrogens with one attached hydrogen (secondary N) is 1. The number of rotatable bonds is 6. The molecule has 0 fully saturated rings. The first kappa shape index (κ1) is 19.8. The van der Waals surface area contributed by atoms with Gasteiger partial charge in [0.2, 0.25) is 0 Å². The van der Waals surface area contributed by atoms with E-state index in [1.807, 2.05) is 37.1 Å². The number of hydrogen-bond acceptors (Lipinski definition) is 4. The van der Waals surface area contributed by atoms with Crippen molar-refractivity contribution in [2.45, 2.75) is 33.2 Å². The van der Waals surface area contributed by atoms with Gasteiger partial charge in [0.15, 0.2) is 0 Å². The minimum atomic E-state index is 0.103. The highest BCUT2D eigenvalue weighted by Gasteiger charge is 2.11. The minimum Gasteiger partial charge on any atom is -0.363 e. The van der Waals surface area contributed by atoms with Crippen LogP contribution in [0.3, 0.4) is 0 Å². The van der Waals surface area contributed by atoms with Crippen LogP contribution in [0.5, 0.6) is 0 Å². The smallest absolute Gasteiger partial charge is 0.130 e. The van der Waals surface area contributed by atoms with Gasteiger partial charge in [0.25, 0.3) is 0 Å². The molecule has 152 valence electrons. The second-order valence-corrected chi connectivity index (χ2v) is 7.63. The van der Waals surface area contributed by atoms with Crippen molar-refractivity contribution in [1.29, 1.82) is 0 Å². The normalized spacial score (nSPS) is 12.0. The molecular weight excluding hydrogens is 370 g/mol. The molecule has 4 aromatic rings. The van der Waals surface area contributed by atoms with Crippen molar-refractivity contribution in [1.82, 2.24) is 19.7 Å². The van der Waals surface area contributed by atoms with Crippen LogP contribution in [0.15, 0.2) is 67.0 Å². The summed E-state index contributed by atoms with van der Waals surface area (Å²) >= 11 is 0. The number of anilines is 1. The molecule has 2 aromatic carbocycles. The van der Waals surface area contributed by atoms with E-state index in [2.05, 4.69) is 82.8 Å². The van der Waals surface area contributed by atoms with Gasteiger partial charge in [0.05, 0.1) is 11.9 Å². The third-order valence-corrected chi connectivity index (χ3v) is 5.29. The van der Waals surface area contributed by atoms with Crippen molar-refractivity contribution in [2.24, 2.45) is 7.05 Å². The predicted molar refractivity (Wildman–Crippen MR) is 122 cm³/mol. The molecule has 0 radical (unpaired) electrons. The molecule has 0 saturated carbocycles. The molecule has 0 amide bonds.